The Morgan fingerprint density at radius 3 is 2.85 bits per heavy atom. The summed E-state index contributed by atoms with van der Waals surface area (Å²) in [4.78, 5) is 10.9. The first-order valence-electron chi connectivity index (χ1n) is 7.54. The van der Waals surface area contributed by atoms with Crippen molar-refractivity contribution in [3.8, 4) is 0 Å². The third kappa shape index (κ3) is 3.83. The van der Waals surface area contributed by atoms with E-state index in [1.165, 1.54) is 25.7 Å². The number of rotatable bonds is 5. The van der Waals surface area contributed by atoms with Gasteiger partial charge in [0.2, 0.25) is 0 Å². The summed E-state index contributed by atoms with van der Waals surface area (Å²) in [5, 5.41) is 8.96. The summed E-state index contributed by atoms with van der Waals surface area (Å²) in [5.74, 6) is -0.0668. The molecule has 0 aliphatic heterocycles. The van der Waals surface area contributed by atoms with E-state index in [2.05, 4.69) is 6.92 Å². The van der Waals surface area contributed by atoms with Crippen LogP contribution < -0.4 is 0 Å². The van der Waals surface area contributed by atoms with E-state index >= 15 is 0 Å². The Hall–Kier alpha value is -1.35. The Labute approximate surface area is 121 Å². The molecule has 110 valence electrons. The zero-order valence-corrected chi connectivity index (χ0v) is 12.4. The highest BCUT2D eigenvalue weighted by atomic mass is 16.5. The molecule has 1 fully saturated rings. The molecule has 0 bridgehead atoms. The number of ether oxygens (including phenoxy) is 1. The van der Waals surface area contributed by atoms with E-state index in [0.717, 1.165) is 23.5 Å². The molecule has 0 saturated heterocycles. The summed E-state index contributed by atoms with van der Waals surface area (Å²) >= 11 is 0. The number of carbonyl (C=O) groups is 1. The van der Waals surface area contributed by atoms with Crippen LogP contribution >= 0.6 is 0 Å². The highest BCUT2D eigenvalue weighted by Gasteiger charge is 2.21. The van der Waals surface area contributed by atoms with Crippen LogP contribution in [0.25, 0.3) is 0 Å². The number of benzene rings is 1. The van der Waals surface area contributed by atoms with E-state index in [1.807, 2.05) is 13.0 Å². The maximum atomic E-state index is 10.9. The van der Waals surface area contributed by atoms with Crippen molar-refractivity contribution in [1.82, 2.24) is 0 Å². The first-order chi connectivity index (χ1) is 9.60. The van der Waals surface area contributed by atoms with E-state index in [-0.39, 0.29) is 0 Å². The summed E-state index contributed by atoms with van der Waals surface area (Å²) in [6, 6.07) is 5.25. The second kappa shape index (κ2) is 6.89. The van der Waals surface area contributed by atoms with Crippen molar-refractivity contribution in [2.45, 2.75) is 58.7 Å². The molecule has 20 heavy (non-hydrogen) atoms. The minimum absolute atomic E-state index is 0.343. The molecule has 2 rings (SSSR count). The van der Waals surface area contributed by atoms with Crippen LogP contribution in [0.2, 0.25) is 0 Å². The van der Waals surface area contributed by atoms with Gasteiger partial charge in [0.05, 0.1) is 18.3 Å². The lowest BCUT2D eigenvalue weighted by molar-refractivity contribution is 0.00156. The molecule has 0 spiro atoms. The van der Waals surface area contributed by atoms with Gasteiger partial charge in [-0.15, -0.1) is 0 Å². The largest absolute Gasteiger partial charge is 0.478 e. The van der Waals surface area contributed by atoms with Gasteiger partial charge in [0.15, 0.2) is 0 Å². The average Bonchev–Trinajstić information content (AvgIpc) is 2.46. The van der Waals surface area contributed by atoms with Crippen molar-refractivity contribution < 1.29 is 14.6 Å². The summed E-state index contributed by atoms with van der Waals surface area (Å²) in [6.45, 7) is 4.79. The molecule has 3 heteroatoms. The third-order valence-electron chi connectivity index (χ3n) is 4.38. The summed E-state index contributed by atoms with van der Waals surface area (Å²) in [6.07, 6.45) is 6.54. The van der Waals surface area contributed by atoms with Crippen molar-refractivity contribution in [3.63, 3.8) is 0 Å². The average molecular weight is 276 g/mol. The lowest BCUT2D eigenvalue weighted by Crippen LogP contribution is -2.22. The van der Waals surface area contributed by atoms with Crippen LogP contribution in [0.1, 0.15) is 60.5 Å². The number of hydrogen-bond acceptors (Lipinski definition) is 2. The van der Waals surface area contributed by atoms with Crippen molar-refractivity contribution in [2.24, 2.45) is 5.92 Å². The van der Waals surface area contributed by atoms with Gasteiger partial charge in [-0.1, -0.05) is 32.3 Å². The van der Waals surface area contributed by atoms with E-state index in [4.69, 9.17) is 9.84 Å². The number of hydrogen-bond donors (Lipinski definition) is 1. The van der Waals surface area contributed by atoms with Crippen LogP contribution in [-0.4, -0.2) is 17.2 Å². The van der Waals surface area contributed by atoms with E-state index in [1.54, 1.807) is 12.1 Å². The van der Waals surface area contributed by atoms with Crippen molar-refractivity contribution in [1.29, 1.82) is 0 Å². The molecule has 2 atom stereocenters. The van der Waals surface area contributed by atoms with Crippen LogP contribution in [0.3, 0.4) is 0 Å². The van der Waals surface area contributed by atoms with Crippen LogP contribution in [0.4, 0.5) is 0 Å². The fourth-order valence-corrected chi connectivity index (χ4v) is 2.96. The second-order valence-corrected chi connectivity index (χ2v) is 5.82. The van der Waals surface area contributed by atoms with Gasteiger partial charge in [-0.25, -0.2) is 4.79 Å². The molecule has 3 nitrogen and oxygen atoms in total. The van der Waals surface area contributed by atoms with Gasteiger partial charge in [-0.05, 0) is 48.9 Å². The van der Waals surface area contributed by atoms with E-state index < -0.39 is 5.97 Å². The Balaban J connectivity index is 1.92. The molecule has 1 aliphatic carbocycles. The molecular weight excluding hydrogens is 252 g/mol. The molecule has 2 unspecified atom stereocenters. The Morgan fingerprint density at radius 2 is 2.20 bits per heavy atom. The molecule has 0 aromatic heterocycles. The van der Waals surface area contributed by atoms with Crippen LogP contribution in [0.5, 0.6) is 0 Å². The molecule has 0 heterocycles. The van der Waals surface area contributed by atoms with Crippen LogP contribution in [-0.2, 0) is 11.3 Å². The van der Waals surface area contributed by atoms with Crippen molar-refractivity contribution in [2.75, 3.05) is 0 Å². The lowest BCUT2D eigenvalue weighted by atomic mass is 9.85. The topological polar surface area (TPSA) is 46.5 Å². The second-order valence-electron chi connectivity index (χ2n) is 5.82. The van der Waals surface area contributed by atoms with Gasteiger partial charge in [0.1, 0.15) is 0 Å². The summed E-state index contributed by atoms with van der Waals surface area (Å²) in [5.41, 5.74) is 2.43. The number of carboxylic acid groups (broad SMARTS) is 1. The van der Waals surface area contributed by atoms with Crippen molar-refractivity contribution >= 4 is 5.97 Å². The van der Waals surface area contributed by atoms with Gasteiger partial charge < -0.3 is 9.84 Å². The first kappa shape index (κ1) is 15.0. The van der Waals surface area contributed by atoms with Gasteiger partial charge in [0.25, 0.3) is 0 Å². The number of aryl methyl sites for hydroxylation is 1. The minimum Gasteiger partial charge on any atom is -0.478 e. The van der Waals surface area contributed by atoms with Gasteiger partial charge in [-0.3, -0.25) is 0 Å². The zero-order chi connectivity index (χ0) is 14.5. The molecular formula is C17H24O3. The standard InChI is InChI=1S/C17H24O3/c1-3-13-5-4-6-16(10-13)20-11-15-8-7-14(17(18)19)9-12(15)2/h7-9,13,16H,3-6,10-11H2,1-2H3,(H,18,19). The Bertz CT molecular complexity index is 467. The summed E-state index contributed by atoms with van der Waals surface area (Å²) < 4.78 is 6.03. The Kier molecular flexibility index (Phi) is 5.18. The molecule has 1 aromatic rings. The Morgan fingerprint density at radius 1 is 1.40 bits per heavy atom. The highest BCUT2D eigenvalue weighted by Crippen LogP contribution is 2.29. The molecule has 1 aliphatic rings. The van der Waals surface area contributed by atoms with E-state index in [0.29, 0.717) is 18.3 Å². The zero-order valence-electron chi connectivity index (χ0n) is 12.4. The SMILES string of the molecule is CCC1CCCC(OCc2ccc(C(=O)O)cc2C)C1. The third-order valence-corrected chi connectivity index (χ3v) is 4.38. The minimum atomic E-state index is -0.876. The van der Waals surface area contributed by atoms with Crippen molar-refractivity contribution in [3.05, 3.63) is 34.9 Å². The lowest BCUT2D eigenvalue weighted by Gasteiger charge is -2.28. The van der Waals surface area contributed by atoms with E-state index in [9.17, 15) is 4.79 Å². The highest BCUT2D eigenvalue weighted by molar-refractivity contribution is 5.87. The summed E-state index contributed by atoms with van der Waals surface area (Å²) in [7, 11) is 0. The maximum absolute atomic E-state index is 10.9. The van der Waals surface area contributed by atoms with Crippen LogP contribution in [0.15, 0.2) is 18.2 Å². The fourth-order valence-electron chi connectivity index (χ4n) is 2.96. The smallest absolute Gasteiger partial charge is 0.335 e. The molecule has 0 radical (unpaired) electrons. The number of carboxylic acids is 1. The van der Waals surface area contributed by atoms with Gasteiger partial charge in [0, 0.05) is 0 Å². The predicted octanol–water partition coefficient (Wildman–Crippen LogP) is 4.18. The normalized spacial score (nSPS) is 22.7. The molecule has 1 aromatic carbocycles. The first-order valence-corrected chi connectivity index (χ1v) is 7.54. The fraction of sp³-hybridized carbons (Fsp3) is 0.588. The molecule has 0 amide bonds. The van der Waals surface area contributed by atoms with Crippen LogP contribution in [0, 0.1) is 12.8 Å². The quantitative estimate of drug-likeness (QED) is 0.877. The maximum Gasteiger partial charge on any atom is 0.335 e. The predicted molar refractivity (Wildman–Crippen MR) is 79.0 cm³/mol. The van der Waals surface area contributed by atoms with Gasteiger partial charge >= 0.3 is 5.97 Å². The van der Waals surface area contributed by atoms with Gasteiger partial charge in [-0.2, -0.15) is 0 Å². The monoisotopic (exact) mass is 276 g/mol. The molecule has 1 N–H and O–H groups in total. The number of aromatic carboxylic acids is 1. The molecule has 1 saturated carbocycles.